The van der Waals surface area contributed by atoms with Crippen molar-refractivity contribution in [3.63, 3.8) is 0 Å². The molecular weight excluding hydrogens is 368 g/mol. The van der Waals surface area contributed by atoms with Gasteiger partial charge in [-0.15, -0.1) is 0 Å². The van der Waals surface area contributed by atoms with Gasteiger partial charge in [0, 0.05) is 12.0 Å². The van der Waals surface area contributed by atoms with Crippen LogP contribution in [0.15, 0.2) is 24.3 Å². The molecule has 0 saturated heterocycles. The van der Waals surface area contributed by atoms with Crippen molar-refractivity contribution in [3.05, 3.63) is 57.6 Å². The molecule has 0 heterocycles. The van der Waals surface area contributed by atoms with E-state index in [1.807, 2.05) is 0 Å². The Bertz CT molecular complexity index is 899. The second-order valence-corrected chi connectivity index (χ2v) is 10.3. The zero-order valence-corrected chi connectivity index (χ0v) is 19.1. The lowest BCUT2D eigenvalue weighted by Crippen LogP contribution is -2.25. The van der Waals surface area contributed by atoms with Crippen LogP contribution in [0.3, 0.4) is 0 Å². The van der Waals surface area contributed by atoms with Crippen LogP contribution in [0, 0.1) is 13.8 Å². The molecule has 30 heavy (non-hydrogen) atoms. The maximum Gasteiger partial charge on any atom is 0.122 e. The predicted molar refractivity (Wildman–Crippen MR) is 125 cm³/mol. The normalized spacial score (nSPS) is 19.7. The molecule has 2 aliphatic rings. The fourth-order valence-corrected chi connectivity index (χ4v) is 6.00. The standard InChI is InChI=1S/C28H38O2/c1-19-14-22(26(29)24(16-19)21-10-6-4-7-11-21)18-23-15-20(2)17-25(27(23)30)28(3)12-8-5-9-13-28/h14-17,21,29-30H,4-13,18H2,1-3H3. The summed E-state index contributed by atoms with van der Waals surface area (Å²) < 4.78 is 0. The third-order valence-corrected chi connectivity index (χ3v) is 7.73. The van der Waals surface area contributed by atoms with Crippen molar-refractivity contribution in [2.45, 2.75) is 103 Å². The minimum atomic E-state index is 0.0605. The van der Waals surface area contributed by atoms with Crippen LogP contribution >= 0.6 is 0 Å². The Balaban J connectivity index is 1.70. The highest BCUT2D eigenvalue weighted by Crippen LogP contribution is 2.45. The summed E-state index contributed by atoms with van der Waals surface area (Å²) in [6, 6.07) is 8.58. The monoisotopic (exact) mass is 406 g/mol. The maximum absolute atomic E-state index is 11.3. The highest BCUT2D eigenvalue weighted by molar-refractivity contribution is 5.53. The Morgan fingerprint density at radius 3 is 2.00 bits per heavy atom. The molecule has 2 N–H and O–H groups in total. The van der Waals surface area contributed by atoms with Gasteiger partial charge in [0.25, 0.3) is 0 Å². The van der Waals surface area contributed by atoms with Crippen LogP contribution < -0.4 is 0 Å². The Morgan fingerprint density at radius 2 is 1.33 bits per heavy atom. The summed E-state index contributed by atoms with van der Waals surface area (Å²) in [6.45, 7) is 6.57. The molecule has 2 nitrogen and oxygen atoms in total. The SMILES string of the molecule is Cc1cc(Cc2cc(C)cc(C3(C)CCCCC3)c2O)c(O)c(C2CCCCC2)c1. The molecule has 2 aromatic rings. The van der Waals surface area contributed by atoms with Crippen molar-refractivity contribution in [1.82, 2.24) is 0 Å². The molecule has 0 radical (unpaired) electrons. The predicted octanol–water partition coefficient (Wildman–Crippen LogP) is 7.57. The van der Waals surface area contributed by atoms with Crippen LogP contribution in [0.4, 0.5) is 0 Å². The topological polar surface area (TPSA) is 40.5 Å². The summed E-state index contributed by atoms with van der Waals surface area (Å²) in [7, 11) is 0. The number of phenols is 2. The fraction of sp³-hybridized carbons (Fsp3) is 0.571. The molecule has 0 atom stereocenters. The van der Waals surface area contributed by atoms with Gasteiger partial charge in [-0.1, -0.05) is 80.8 Å². The van der Waals surface area contributed by atoms with Crippen LogP contribution in [-0.4, -0.2) is 10.2 Å². The number of hydrogen-bond donors (Lipinski definition) is 2. The van der Waals surface area contributed by atoms with Crippen LogP contribution in [0.5, 0.6) is 11.5 Å². The first-order valence-electron chi connectivity index (χ1n) is 12.0. The highest BCUT2D eigenvalue weighted by Gasteiger charge is 2.32. The number of aromatic hydroxyl groups is 2. The van der Waals surface area contributed by atoms with Crippen molar-refractivity contribution >= 4 is 0 Å². The number of benzene rings is 2. The van der Waals surface area contributed by atoms with Crippen LogP contribution in [0.2, 0.25) is 0 Å². The van der Waals surface area contributed by atoms with E-state index in [0.29, 0.717) is 23.8 Å². The Morgan fingerprint density at radius 1 is 0.767 bits per heavy atom. The van der Waals surface area contributed by atoms with Gasteiger partial charge in [-0.25, -0.2) is 0 Å². The van der Waals surface area contributed by atoms with Gasteiger partial charge in [-0.05, 0) is 67.6 Å². The van der Waals surface area contributed by atoms with Crippen molar-refractivity contribution in [3.8, 4) is 11.5 Å². The molecule has 0 spiro atoms. The number of aryl methyl sites for hydroxylation is 2. The Kier molecular flexibility index (Phi) is 6.14. The molecular formula is C28H38O2. The van der Waals surface area contributed by atoms with E-state index in [1.54, 1.807) is 0 Å². The third kappa shape index (κ3) is 4.24. The number of hydrogen-bond acceptors (Lipinski definition) is 2. The zero-order chi connectivity index (χ0) is 21.3. The molecule has 2 saturated carbocycles. The molecule has 2 heteroatoms. The molecule has 0 aromatic heterocycles. The highest BCUT2D eigenvalue weighted by atomic mass is 16.3. The zero-order valence-electron chi connectivity index (χ0n) is 19.1. The van der Waals surface area contributed by atoms with Gasteiger partial charge in [-0.2, -0.15) is 0 Å². The largest absolute Gasteiger partial charge is 0.507 e. The Labute approximate surface area is 182 Å². The minimum absolute atomic E-state index is 0.0605. The molecule has 0 amide bonds. The third-order valence-electron chi connectivity index (χ3n) is 7.73. The first kappa shape index (κ1) is 21.3. The van der Waals surface area contributed by atoms with Crippen molar-refractivity contribution in [1.29, 1.82) is 0 Å². The van der Waals surface area contributed by atoms with Gasteiger partial charge in [0.2, 0.25) is 0 Å². The van der Waals surface area contributed by atoms with E-state index in [9.17, 15) is 10.2 Å². The molecule has 4 rings (SSSR count). The first-order valence-corrected chi connectivity index (χ1v) is 12.0. The molecule has 162 valence electrons. The van der Waals surface area contributed by atoms with Crippen LogP contribution in [-0.2, 0) is 11.8 Å². The number of rotatable bonds is 4. The fourth-order valence-electron chi connectivity index (χ4n) is 6.00. The smallest absolute Gasteiger partial charge is 0.122 e. The lowest BCUT2D eigenvalue weighted by Gasteiger charge is -2.35. The van der Waals surface area contributed by atoms with E-state index in [2.05, 4.69) is 45.0 Å². The van der Waals surface area contributed by atoms with Gasteiger partial charge in [0.15, 0.2) is 0 Å². The summed E-state index contributed by atoms with van der Waals surface area (Å²) in [4.78, 5) is 0. The van der Waals surface area contributed by atoms with E-state index >= 15 is 0 Å². The van der Waals surface area contributed by atoms with E-state index in [-0.39, 0.29) is 5.41 Å². The molecule has 2 fully saturated rings. The minimum Gasteiger partial charge on any atom is -0.507 e. The van der Waals surface area contributed by atoms with Gasteiger partial charge in [-0.3, -0.25) is 0 Å². The Hall–Kier alpha value is -1.96. The lowest BCUT2D eigenvalue weighted by molar-refractivity contribution is 0.307. The second kappa shape index (κ2) is 8.65. The average molecular weight is 407 g/mol. The van der Waals surface area contributed by atoms with Crippen LogP contribution in [0.1, 0.15) is 110 Å². The van der Waals surface area contributed by atoms with Gasteiger partial charge >= 0.3 is 0 Å². The van der Waals surface area contributed by atoms with E-state index in [0.717, 1.165) is 35.1 Å². The quantitative estimate of drug-likeness (QED) is 0.549. The summed E-state index contributed by atoms with van der Waals surface area (Å²) in [5.74, 6) is 1.38. The molecule has 2 aromatic carbocycles. The lowest BCUT2D eigenvalue weighted by atomic mass is 9.70. The summed E-state index contributed by atoms with van der Waals surface area (Å²) in [5, 5.41) is 22.5. The van der Waals surface area contributed by atoms with Gasteiger partial charge in [0.1, 0.15) is 11.5 Å². The second-order valence-electron chi connectivity index (χ2n) is 10.3. The maximum atomic E-state index is 11.3. The molecule has 0 bridgehead atoms. The summed E-state index contributed by atoms with van der Waals surface area (Å²) in [5.41, 5.74) is 6.60. The van der Waals surface area contributed by atoms with E-state index in [1.165, 1.54) is 62.5 Å². The molecule has 0 aliphatic heterocycles. The van der Waals surface area contributed by atoms with Crippen molar-refractivity contribution in [2.24, 2.45) is 0 Å². The van der Waals surface area contributed by atoms with Gasteiger partial charge in [0.05, 0.1) is 0 Å². The number of phenolic OH excluding ortho intramolecular Hbond substituents is 2. The summed E-state index contributed by atoms with van der Waals surface area (Å²) >= 11 is 0. The van der Waals surface area contributed by atoms with Crippen LogP contribution in [0.25, 0.3) is 0 Å². The van der Waals surface area contributed by atoms with Crippen molar-refractivity contribution < 1.29 is 10.2 Å². The van der Waals surface area contributed by atoms with E-state index in [4.69, 9.17) is 0 Å². The van der Waals surface area contributed by atoms with E-state index < -0.39 is 0 Å². The van der Waals surface area contributed by atoms with Crippen molar-refractivity contribution in [2.75, 3.05) is 0 Å². The molecule has 0 unspecified atom stereocenters. The average Bonchev–Trinajstić information content (AvgIpc) is 2.74. The summed E-state index contributed by atoms with van der Waals surface area (Å²) in [6.07, 6.45) is 12.8. The van der Waals surface area contributed by atoms with Gasteiger partial charge < -0.3 is 10.2 Å². The molecule has 2 aliphatic carbocycles. The first-order chi connectivity index (χ1) is 14.4.